The molecule has 0 bridgehead atoms. The first-order valence-corrected chi connectivity index (χ1v) is 9.43. The van der Waals surface area contributed by atoms with Gasteiger partial charge in [0.2, 0.25) is 5.91 Å². The second-order valence-electron chi connectivity index (χ2n) is 6.76. The highest BCUT2D eigenvalue weighted by Gasteiger charge is 2.18. The van der Waals surface area contributed by atoms with Gasteiger partial charge < -0.3 is 19.5 Å². The third kappa shape index (κ3) is 5.80. The highest BCUT2D eigenvalue weighted by atomic mass is 19.3. The molecule has 0 saturated carbocycles. The van der Waals surface area contributed by atoms with Gasteiger partial charge in [0.15, 0.2) is 11.5 Å². The molecule has 2 unspecified atom stereocenters. The number of benzene rings is 2. The van der Waals surface area contributed by atoms with Crippen LogP contribution in [0.1, 0.15) is 31.9 Å². The fourth-order valence-electron chi connectivity index (χ4n) is 2.98. The predicted octanol–water partition coefficient (Wildman–Crippen LogP) is 4.13. The molecule has 156 valence electrons. The number of carbonyl (C=O) groups is 1. The molecule has 2 aromatic carbocycles. The van der Waals surface area contributed by atoms with E-state index in [0.717, 1.165) is 12.0 Å². The summed E-state index contributed by atoms with van der Waals surface area (Å²) in [6.07, 6.45) is 0.810. The van der Waals surface area contributed by atoms with Gasteiger partial charge in [-0.05, 0) is 43.7 Å². The van der Waals surface area contributed by atoms with Crippen LogP contribution in [0.25, 0.3) is 0 Å². The van der Waals surface area contributed by atoms with Gasteiger partial charge in [-0.25, -0.2) is 0 Å². The number of hydrogen-bond acceptors (Lipinski definition) is 5. The Hall–Kier alpha value is -2.87. The SMILES string of the molecule is CC(NC(C)c1ccc(OC(F)F)cc1)C(=O)Nc1ccc2c(c1)OCCCO2. The van der Waals surface area contributed by atoms with Gasteiger partial charge in [-0.15, -0.1) is 0 Å². The van der Waals surface area contributed by atoms with Crippen molar-refractivity contribution < 1.29 is 27.8 Å². The highest BCUT2D eigenvalue weighted by molar-refractivity contribution is 5.94. The smallest absolute Gasteiger partial charge is 0.387 e. The second kappa shape index (κ2) is 9.56. The molecule has 1 amide bonds. The molecule has 2 aromatic rings. The fraction of sp³-hybridized carbons (Fsp3) is 0.381. The Morgan fingerprint density at radius 1 is 1.03 bits per heavy atom. The van der Waals surface area contributed by atoms with Crippen molar-refractivity contribution in [3.63, 3.8) is 0 Å². The van der Waals surface area contributed by atoms with Crippen LogP contribution in [0.5, 0.6) is 17.2 Å². The average molecular weight is 406 g/mol. The maximum Gasteiger partial charge on any atom is 0.387 e. The summed E-state index contributed by atoms with van der Waals surface area (Å²) >= 11 is 0. The number of nitrogens with one attached hydrogen (secondary N) is 2. The van der Waals surface area contributed by atoms with E-state index in [1.54, 1.807) is 37.3 Å². The van der Waals surface area contributed by atoms with Crippen LogP contribution in [-0.4, -0.2) is 31.8 Å². The number of hydrogen-bond donors (Lipinski definition) is 2. The number of halogens is 2. The van der Waals surface area contributed by atoms with E-state index < -0.39 is 12.7 Å². The molecule has 29 heavy (non-hydrogen) atoms. The maximum absolute atomic E-state index is 12.5. The van der Waals surface area contributed by atoms with E-state index in [0.29, 0.717) is 30.4 Å². The first-order valence-electron chi connectivity index (χ1n) is 9.43. The lowest BCUT2D eigenvalue weighted by Gasteiger charge is -2.20. The molecule has 2 atom stereocenters. The summed E-state index contributed by atoms with van der Waals surface area (Å²) in [6, 6.07) is 11.0. The molecule has 2 N–H and O–H groups in total. The second-order valence-corrected chi connectivity index (χ2v) is 6.76. The molecule has 0 aromatic heterocycles. The van der Waals surface area contributed by atoms with Crippen LogP contribution < -0.4 is 24.8 Å². The van der Waals surface area contributed by atoms with Crippen molar-refractivity contribution in [1.29, 1.82) is 0 Å². The standard InChI is InChI=1S/C21H24F2N2O4/c1-13(15-4-7-17(8-5-15)29-21(22)23)24-14(2)20(26)25-16-6-9-18-19(12-16)28-11-3-10-27-18/h4-9,12-14,21,24H,3,10-11H2,1-2H3,(H,25,26). The third-order valence-corrected chi connectivity index (χ3v) is 4.51. The minimum absolute atomic E-state index is 0.0937. The Morgan fingerprint density at radius 2 is 1.72 bits per heavy atom. The van der Waals surface area contributed by atoms with E-state index in [9.17, 15) is 13.6 Å². The van der Waals surface area contributed by atoms with Gasteiger partial charge in [0.25, 0.3) is 0 Å². The number of carbonyl (C=O) groups excluding carboxylic acids is 1. The van der Waals surface area contributed by atoms with Crippen molar-refractivity contribution >= 4 is 11.6 Å². The summed E-state index contributed by atoms with van der Waals surface area (Å²) in [5.41, 5.74) is 1.47. The van der Waals surface area contributed by atoms with E-state index in [-0.39, 0.29) is 17.7 Å². The van der Waals surface area contributed by atoms with Crippen LogP contribution in [0, 0.1) is 0 Å². The molecular weight excluding hydrogens is 382 g/mol. The molecule has 0 saturated heterocycles. The number of ether oxygens (including phenoxy) is 3. The normalized spacial score (nSPS) is 15.3. The Labute approximate surface area is 168 Å². The van der Waals surface area contributed by atoms with Crippen molar-refractivity contribution in [2.45, 2.75) is 39.0 Å². The summed E-state index contributed by atoms with van der Waals surface area (Å²) in [5.74, 6) is 1.17. The number of alkyl halides is 2. The quantitative estimate of drug-likeness (QED) is 0.724. The van der Waals surface area contributed by atoms with E-state index in [4.69, 9.17) is 9.47 Å². The van der Waals surface area contributed by atoms with Gasteiger partial charge in [0.05, 0.1) is 19.3 Å². The zero-order valence-electron chi connectivity index (χ0n) is 16.3. The Bertz CT molecular complexity index is 830. The highest BCUT2D eigenvalue weighted by Crippen LogP contribution is 2.32. The van der Waals surface area contributed by atoms with Crippen molar-refractivity contribution in [1.82, 2.24) is 5.32 Å². The van der Waals surface area contributed by atoms with Gasteiger partial charge in [-0.1, -0.05) is 12.1 Å². The van der Waals surface area contributed by atoms with Gasteiger partial charge in [-0.3, -0.25) is 10.1 Å². The molecule has 1 aliphatic rings. The molecule has 0 radical (unpaired) electrons. The Balaban J connectivity index is 1.56. The lowest BCUT2D eigenvalue weighted by Crippen LogP contribution is -2.39. The Kier molecular flexibility index (Phi) is 6.87. The average Bonchev–Trinajstić information content (AvgIpc) is 2.93. The molecule has 6 nitrogen and oxygen atoms in total. The van der Waals surface area contributed by atoms with Gasteiger partial charge in [-0.2, -0.15) is 8.78 Å². The van der Waals surface area contributed by atoms with Gasteiger partial charge in [0.1, 0.15) is 5.75 Å². The minimum Gasteiger partial charge on any atom is -0.490 e. The largest absolute Gasteiger partial charge is 0.490 e. The van der Waals surface area contributed by atoms with E-state index >= 15 is 0 Å². The lowest BCUT2D eigenvalue weighted by molar-refractivity contribution is -0.117. The topological polar surface area (TPSA) is 68.8 Å². The van der Waals surface area contributed by atoms with Crippen LogP contribution >= 0.6 is 0 Å². The molecule has 0 fully saturated rings. The van der Waals surface area contributed by atoms with Crippen LogP contribution in [-0.2, 0) is 4.79 Å². The third-order valence-electron chi connectivity index (χ3n) is 4.51. The van der Waals surface area contributed by atoms with Crippen LogP contribution in [0.3, 0.4) is 0 Å². The van der Waals surface area contributed by atoms with E-state index in [2.05, 4.69) is 15.4 Å². The van der Waals surface area contributed by atoms with Gasteiger partial charge in [0, 0.05) is 24.2 Å². The summed E-state index contributed by atoms with van der Waals surface area (Å²) < 4.78 is 40.0. The summed E-state index contributed by atoms with van der Waals surface area (Å²) in [7, 11) is 0. The van der Waals surface area contributed by atoms with Crippen LogP contribution in [0.4, 0.5) is 14.5 Å². The van der Waals surface area contributed by atoms with Crippen LogP contribution in [0.15, 0.2) is 42.5 Å². The zero-order valence-corrected chi connectivity index (χ0v) is 16.3. The molecule has 1 heterocycles. The monoisotopic (exact) mass is 406 g/mol. The molecule has 8 heteroatoms. The maximum atomic E-state index is 12.5. The minimum atomic E-state index is -2.86. The first-order chi connectivity index (χ1) is 13.9. The van der Waals surface area contributed by atoms with Crippen LogP contribution in [0.2, 0.25) is 0 Å². The summed E-state index contributed by atoms with van der Waals surface area (Å²) in [5, 5.41) is 6.05. The van der Waals surface area contributed by atoms with Crippen molar-refractivity contribution in [2.75, 3.05) is 18.5 Å². The molecule has 1 aliphatic heterocycles. The molecule has 0 aliphatic carbocycles. The summed E-state index contributed by atoms with van der Waals surface area (Å²) in [6.45, 7) is 1.96. The molecule has 0 spiro atoms. The van der Waals surface area contributed by atoms with Crippen molar-refractivity contribution in [3.8, 4) is 17.2 Å². The number of amides is 1. The predicted molar refractivity (Wildman–Crippen MR) is 105 cm³/mol. The van der Waals surface area contributed by atoms with E-state index in [1.165, 1.54) is 12.1 Å². The lowest BCUT2D eigenvalue weighted by atomic mass is 10.1. The first kappa shape index (κ1) is 20.9. The number of fused-ring (bicyclic) bond motifs is 1. The van der Waals surface area contributed by atoms with Crippen molar-refractivity contribution in [2.24, 2.45) is 0 Å². The molecular formula is C21H24F2N2O4. The summed E-state index contributed by atoms with van der Waals surface area (Å²) in [4.78, 5) is 12.5. The molecule has 3 rings (SSSR count). The van der Waals surface area contributed by atoms with Crippen molar-refractivity contribution in [3.05, 3.63) is 48.0 Å². The number of rotatable bonds is 7. The van der Waals surface area contributed by atoms with E-state index in [1.807, 2.05) is 6.92 Å². The van der Waals surface area contributed by atoms with Gasteiger partial charge >= 0.3 is 6.61 Å². The number of anilines is 1. The zero-order chi connectivity index (χ0) is 20.8. The Morgan fingerprint density at radius 3 is 2.41 bits per heavy atom. The fourth-order valence-corrected chi connectivity index (χ4v) is 2.98.